The second kappa shape index (κ2) is 8.43. The number of benzene rings is 1. The molecule has 0 unspecified atom stereocenters. The number of aliphatic imine (C=N–C) groups is 1. The normalized spacial score (nSPS) is 12.2. The smallest absolute Gasteiger partial charge is 0.382 e. The zero-order chi connectivity index (χ0) is 20.1. The largest absolute Gasteiger partial charge is 0.417 e. The van der Waals surface area contributed by atoms with Gasteiger partial charge in [-0.25, -0.2) is 9.98 Å². The van der Waals surface area contributed by atoms with E-state index >= 15 is 0 Å². The summed E-state index contributed by atoms with van der Waals surface area (Å²) in [6.07, 6.45) is -2.01. The van der Waals surface area contributed by atoms with Crippen LogP contribution in [0, 0.1) is 0 Å². The molecule has 4 nitrogen and oxygen atoms in total. The summed E-state index contributed by atoms with van der Waals surface area (Å²) in [6, 6.07) is 13.9. The summed E-state index contributed by atoms with van der Waals surface area (Å²) in [4.78, 5) is 13.2. The first kappa shape index (κ1) is 19.9. The van der Waals surface area contributed by atoms with Crippen LogP contribution in [-0.4, -0.2) is 21.6 Å². The van der Waals surface area contributed by atoms with Crippen LogP contribution >= 0.6 is 11.8 Å². The molecule has 2 heterocycles. The molecule has 2 aromatic heterocycles. The van der Waals surface area contributed by atoms with Gasteiger partial charge in [-0.05, 0) is 29.5 Å². The number of nitrogens with zero attached hydrogens (tertiary/aromatic N) is 3. The number of alkyl halides is 3. The first-order chi connectivity index (χ1) is 13.4. The molecule has 28 heavy (non-hydrogen) atoms. The van der Waals surface area contributed by atoms with Gasteiger partial charge in [0, 0.05) is 22.9 Å². The molecule has 0 radical (unpaired) electrons. The third-order valence-corrected chi connectivity index (χ3v) is 4.72. The zero-order valence-corrected chi connectivity index (χ0v) is 15.8. The van der Waals surface area contributed by atoms with Crippen LogP contribution in [0.3, 0.4) is 0 Å². The lowest BCUT2D eigenvalue weighted by molar-refractivity contribution is -0.137. The summed E-state index contributed by atoms with van der Waals surface area (Å²) in [5.74, 6) is 0.994. The van der Waals surface area contributed by atoms with E-state index in [2.05, 4.69) is 15.0 Å². The number of pyridine rings is 2. The molecular formula is C20H17F3N4S. The van der Waals surface area contributed by atoms with E-state index in [1.165, 1.54) is 6.07 Å². The van der Waals surface area contributed by atoms with Crippen molar-refractivity contribution in [3.8, 4) is 11.1 Å². The lowest BCUT2D eigenvalue weighted by atomic mass is 10.1. The van der Waals surface area contributed by atoms with Crippen LogP contribution in [0.4, 0.5) is 19.0 Å². The molecule has 0 atom stereocenters. The fourth-order valence-electron chi connectivity index (χ4n) is 2.49. The molecular weight excluding hydrogens is 385 g/mol. The quantitative estimate of drug-likeness (QED) is 0.357. The van der Waals surface area contributed by atoms with Crippen molar-refractivity contribution < 1.29 is 13.2 Å². The summed E-state index contributed by atoms with van der Waals surface area (Å²) in [7, 11) is 0. The molecule has 0 spiro atoms. The Labute approximate surface area is 164 Å². The van der Waals surface area contributed by atoms with E-state index in [0.717, 1.165) is 34.0 Å². The van der Waals surface area contributed by atoms with Gasteiger partial charge in [-0.1, -0.05) is 37.3 Å². The topological polar surface area (TPSA) is 64.2 Å². The van der Waals surface area contributed by atoms with Crippen molar-refractivity contribution in [1.82, 2.24) is 9.97 Å². The van der Waals surface area contributed by atoms with Crippen molar-refractivity contribution >= 4 is 23.4 Å². The molecule has 0 aliphatic rings. The standard InChI is InChI=1S/C20H17F3N4S/c1-2-28-16-10-14(13-6-4-3-5-7-13)11-26-18(16)19(24)27-17-9-8-15(12-25-17)20(21,22)23/h3-12H,2H2,1H3,(H2,24,25,27). The van der Waals surface area contributed by atoms with E-state index in [1.807, 2.05) is 43.3 Å². The minimum absolute atomic E-state index is 0.0897. The number of hydrogen-bond donors (Lipinski definition) is 1. The van der Waals surface area contributed by atoms with Crippen molar-refractivity contribution in [2.24, 2.45) is 10.7 Å². The van der Waals surface area contributed by atoms with Crippen molar-refractivity contribution in [3.63, 3.8) is 0 Å². The number of rotatable bonds is 5. The average Bonchev–Trinajstić information content (AvgIpc) is 2.68. The minimum atomic E-state index is -4.44. The highest BCUT2D eigenvalue weighted by Gasteiger charge is 2.30. The summed E-state index contributed by atoms with van der Waals surface area (Å²) in [5.41, 5.74) is 7.70. The SMILES string of the molecule is CCSc1cc(-c2ccccc2)cnc1C(N)=Nc1ccc(C(F)(F)F)cn1. The summed E-state index contributed by atoms with van der Waals surface area (Å²) >= 11 is 1.56. The molecule has 0 saturated heterocycles. The Hall–Kier alpha value is -2.87. The number of halogens is 3. The molecule has 1 aromatic carbocycles. The average molecular weight is 402 g/mol. The second-order valence-corrected chi connectivity index (χ2v) is 7.08. The first-order valence-corrected chi connectivity index (χ1v) is 9.43. The number of nitrogens with two attached hydrogens (primary N) is 1. The van der Waals surface area contributed by atoms with Crippen LogP contribution in [0.25, 0.3) is 11.1 Å². The van der Waals surface area contributed by atoms with Gasteiger partial charge in [0.2, 0.25) is 0 Å². The van der Waals surface area contributed by atoms with Gasteiger partial charge in [0.05, 0.1) is 5.56 Å². The van der Waals surface area contributed by atoms with Crippen molar-refractivity contribution in [3.05, 3.63) is 72.2 Å². The molecule has 144 valence electrons. The Morgan fingerprint density at radius 2 is 1.79 bits per heavy atom. The van der Waals surface area contributed by atoms with Crippen LogP contribution in [0.1, 0.15) is 18.2 Å². The van der Waals surface area contributed by atoms with Crippen molar-refractivity contribution in [1.29, 1.82) is 0 Å². The van der Waals surface area contributed by atoms with Gasteiger partial charge >= 0.3 is 6.18 Å². The molecule has 0 saturated carbocycles. The fourth-order valence-corrected chi connectivity index (χ4v) is 3.30. The molecule has 0 bridgehead atoms. The van der Waals surface area contributed by atoms with E-state index < -0.39 is 11.7 Å². The monoisotopic (exact) mass is 402 g/mol. The van der Waals surface area contributed by atoms with Gasteiger partial charge in [-0.3, -0.25) is 4.98 Å². The van der Waals surface area contributed by atoms with Crippen molar-refractivity contribution in [2.75, 3.05) is 5.75 Å². The third kappa shape index (κ3) is 4.69. The number of aromatic nitrogens is 2. The highest BCUT2D eigenvalue weighted by atomic mass is 32.2. The Kier molecular flexibility index (Phi) is 5.99. The van der Waals surface area contributed by atoms with E-state index in [9.17, 15) is 13.2 Å². The molecule has 0 amide bonds. The summed E-state index contributed by atoms with van der Waals surface area (Å²) < 4.78 is 37.9. The van der Waals surface area contributed by atoms with E-state index in [0.29, 0.717) is 5.69 Å². The molecule has 0 fully saturated rings. The summed E-state index contributed by atoms with van der Waals surface area (Å²) in [6.45, 7) is 2.01. The molecule has 3 aromatic rings. The van der Waals surface area contributed by atoms with E-state index in [1.54, 1.807) is 18.0 Å². The number of hydrogen-bond acceptors (Lipinski definition) is 4. The third-order valence-electron chi connectivity index (χ3n) is 3.81. The second-order valence-electron chi connectivity index (χ2n) is 5.77. The Morgan fingerprint density at radius 3 is 2.39 bits per heavy atom. The van der Waals surface area contributed by atoms with Crippen LogP contribution in [0.15, 0.2) is 70.8 Å². The van der Waals surface area contributed by atoms with Gasteiger partial charge in [0.1, 0.15) is 5.69 Å². The molecule has 0 aliphatic carbocycles. The van der Waals surface area contributed by atoms with E-state index in [4.69, 9.17) is 5.73 Å². The van der Waals surface area contributed by atoms with Crippen LogP contribution in [-0.2, 0) is 6.18 Å². The molecule has 0 aliphatic heterocycles. The fraction of sp³-hybridized carbons (Fsp3) is 0.150. The van der Waals surface area contributed by atoms with E-state index in [-0.39, 0.29) is 11.7 Å². The predicted molar refractivity (Wildman–Crippen MR) is 106 cm³/mol. The highest BCUT2D eigenvalue weighted by Crippen LogP contribution is 2.30. The Bertz CT molecular complexity index is 971. The maximum atomic E-state index is 12.6. The maximum absolute atomic E-state index is 12.6. The van der Waals surface area contributed by atoms with Gasteiger partial charge in [0.25, 0.3) is 0 Å². The first-order valence-electron chi connectivity index (χ1n) is 8.44. The van der Waals surface area contributed by atoms with Gasteiger partial charge in [0.15, 0.2) is 11.7 Å². The molecule has 8 heteroatoms. The number of thioether (sulfide) groups is 1. The summed E-state index contributed by atoms with van der Waals surface area (Å²) in [5, 5.41) is 0. The molecule has 2 N–H and O–H groups in total. The van der Waals surface area contributed by atoms with Gasteiger partial charge in [-0.2, -0.15) is 13.2 Å². The Morgan fingerprint density at radius 1 is 1.04 bits per heavy atom. The minimum Gasteiger partial charge on any atom is -0.382 e. The van der Waals surface area contributed by atoms with Crippen molar-refractivity contribution in [2.45, 2.75) is 18.0 Å². The van der Waals surface area contributed by atoms with Crippen LogP contribution in [0.2, 0.25) is 0 Å². The highest BCUT2D eigenvalue weighted by molar-refractivity contribution is 7.99. The van der Waals surface area contributed by atoms with Crippen LogP contribution in [0.5, 0.6) is 0 Å². The Balaban J connectivity index is 1.94. The number of amidine groups is 1. The predicted octanol–water partition coefficient (Wildman–Crippen LogP) is 5.31. The zero-order valence-electron chi connectivity index (χ0n) is 14.9. The van der Waals surface area contributed by atoms with Gasteiger partial charge < -0.3 is 5.73 Å². The van der Waals surface area contributed by atoms with Gasteiger partial charge in [-0.15, -0.1) is 11.8 Å². The van der Waals surface area contributed by atoms with Crippen LogP contribution < -0.4 is 5.73 Å². The molecule has 3 rings (SSSR count). The lowest BCUT2D eigenvalue weighted by Crippen LogP contribution is -2.16. The maximum Gasteiger partial charge on any atom is 0.417 e. The lowest BCUT2D eigenvalue weighted by Gasteiger charge is -2.10.